The molecule has 0 unspecified atom stereocenters. The van der Waals surface area contributed by atoms with Gasteiger partial charge in [-0.25, -0.2) is 13.4 Å². The van der Waals surface area contributed by atoms with Crippen LogP contribution in [0.1, 0.15) is 41.7 Å². The summed E-state index contributed by atoms with van der Waals surface area (Å²) >= 11 is 1.59. The molecule has 3 aliphatic rings. The van der Waals surface area contributed by atoms with Crippen molar-refractivity contribution in [2.45, 2.75) is 56.4 Å². The average molecular weight is 499 g/mol. The van der Waals surface area contributed by atoms with Crippen LogP contribution in [-0.4, -0.2) is 47.8 Å². The van der Waals surface area contributed by atoms with E-state index in [0.717, 1.165) is 66.6 Å². The van der Waals surface area contributed by atoms with Crippen molar-refractivity contribution in [2.24, 2.45) is 0 Å². The third kappa shape index (κ3) is 3.50. The van der Waals surface area contributed by atoms with Crippen LogP contribution in [0, 0.1) is 0 Å². The van der Waals surface area contributed by atoms with Gasteiger partial charge < -0.3 is 4.90 Å². The zero-order chi connectivity index (χ0) is 23.4. The summed E-state index contributed by atoms with van der Waals surface area (Å²) in [6.07, 6.45) is 7.67. The standard InChI is InChI=1S/C24H26N4O4S2/c29-21(14-26-15-25-23-22(24(26)30)18-6-3-7-20(18)33-23)28-12-4-5-16-13-17(8-9-19(16)28)34(31,32)27-10-1-2-11-27/h8-9,13,15H,1-7,10-12,14H2. The molecule has 0 N–H and O–H groups in total. The van der Waals surface area contributed by atoms with Crippen molar-refractivity contribution < 1.29 is 13.2 Å². The summed E-state index contributed by atoms with van der Waals surface area (Å²) in [5, 5.41) is 0.670. The van der Waals surface area contributed by atoms with Gasteiger partial charge in [-0.3, -0.25) is 14.2 Å². The molecule has 34 heavy (non-hydrogen) atoms. The quantitative estimate of drug-likeness (QED) is 0.552. The number of fused-ring (bicyclic) bond motifs is 4. The lowest BCUT2D eigenvalue weighted by molar-refractivity contribution is -0.119. The molecule has 178 valence electrons. The number of aryl methyl sites for hydroxylation is 3. The van der Waals surface area contributed by atoms with Gasteiger partial charge in [0.25, 0.3) is 5.56 Å². The lowest BCUT2D eigenvalue weighted by Crippen LogP contribution is -2.39. The Balaban J connectivity index is 1.29. The number of hydrogen-bond acceptors (Lipinski definition) is 6. The normalized spacial score (nSPS) is 18.4. The molecule has 4 heterocycles. The predicted molar refractivity (Wildman–Crippen MR) is 131 cm³/mol. The number of carbonyl (C=O) groups is 1. The molecule has 0 saturated carbocycles. The third-order valence-corrected chi connectivity index (χ3v) is 10.3. The molecule has 0 spiro atoms. The Labute approximate surface area is 201 Å². The van der Waals surface area contributed by atoms with Gasteiger partial charge in [-0.2, -0.15) is 4.31 Å². The van der Waals surface area contributed by atoms with E-state index < -0.39 is 10.0 Å². The first-order valence-electron chi connectivity index (χ1n) is 11.9. The third-order valence-electron chi connectivity index (χ3n) is 7.17. The second-order valence-corrected chi connectivity index (χ2v) is 12.3. The van der Waals surface area contributed by atoms with Crippen molar-refractivity contribution in [2.75, 3.05) is 24.5 Å². The maximum absolute atomic E-state index is 13.3. The SMILES string of the molecule is O=C(Cn1cnc2sc3c(c2c1=O)CCC3)N1CCCc2cc(S(=O)(=O)N3CCCC3)ccc21. The minimum Gasteiger partial charge on any atom is -0.311 e. The second kappa shape index (κ2) is 8.28. The molecule has 3 aromatic rings. The van der Waals surface area contributed by atoms with Gasteiger partial charge in [-0.1, -0.05) is 0 Å². The van der Waals surface area contributed by atoms with Gasteiger partial charge in [0.1, 0.15) is 11.4 Å². The van der Waals surface area contributed by atoms with Gasteiger partial charge >= 0.3 is 0 Å². The summed E-state index contributed by atoms with van der Waals surface area (Å²) in [5.41, 5.74) is 2.54. The number of aromatic nitrogens is 2. The van der Waals surface area contributed by atoms with Gasteiger partial charge in [0.2, 0.25) is 15.9 Å². The number of nitrogens with zero attached hydrogens (tertiary/aromatic N) is 4. The number of sulfonamides is 1. The van der Waals surface area contributed by atoms with Gasteiger partial charge in [0.15, 0.2) is 0 Å². The summed E-state index contributed by atoms with van der Waals surface area (Å²) in [6, 6.07) is 5.06. The Kier molecular flexibility index (Phi) is 5.34. The highest BCUT2D eigenvalue weighted by atomic mass is 32.2. The zero-order valence-electron chi connectivity index (χ0n) is 18.8. The highest BCUT2D eigenvalue weighted by Gasteiger charge is 2.30. The summed E-state index contributed by atoms with van der Waals surface area (Å²) < 4.78 is 28.9. The summed E-state index contributed by atoms with van der Waals surface area (Å²) in [5.74, 6) is -0.189. The molecule has 1 amide bonds. The van der Waals surface area contributed by atoms with E-state index in [2.05, 4.69) is 4.98 Å². The van der Waals surface area contributed by atoms with Crippen LogP contribution in [0.25, 0.3) is 10.2 Å². The Bertz CT molecular complexity index is 1470. The Hall–Kier alpha value is -2.56. The first-order chi connectivity index (χ1) is 16.4. The molecule has 0 radical (unpaired) electrons. The van der Waals surface area contributed by atoms with E-state index in [4.69, 9.17) is 0 Å². The second-order valence-electron chi connectivity index (χ2n) is 9.27. The highest BCUT2D eigenvalue weighted by Crippen LogP contribution is 2.35. The van der Waals surface area contributed by atoms with Gasteiger partial charge in [-0.05, 0) is 74.3 Å². The molecule has 0 atom stereocenters. The van der Waals surface area contributed by atoms with Crippen LogP contribution in [0.15, 0.2) is 34.2 Å². The lowest BCUT2D eigenvalue weighted by Gasteiger charge is -2.30. The van der Waals surface area contributed by atoms with Crippen LogP contribution in [-0.2, 0) is 40.6 Å². The van der Waals surface area contributed by atoms with Crippen molar-refractivity contribution in [3.05, 3.63) is 50.9 Å². The van der Waals surface area contributed by atoms with Crippen molar-refractivity contribution in [1.29, 1.82) is 0 Å². The van der Waals surface area contributed by atoms with E-state index in [1.54, 1.807) is 34.4 Å². The summed E-state index contributed by atoms with van der Waals surface area (Å²) in [4.78, 5) is 34.9. The average Bonchev–Trinajstić information content (AvgIpc) is 3.58. The van der Waals surface area contributed by atoms with Crippen LogP contribution in [0.5, 0.6) is 0 Å². The van der Waals surface area contributed by atoms with E-state index in [1.165, 1.54) is 20.1 Å². The van der Waals surface area contributed by atoms with E-state index in [-0.39, 0.29) is 18.0 Å². The lowest BCUT2D eigenvalue weighted by atomic mass is 10.0. The first kappa shape index (κ1) is 21.9. The predicted octanol–water partition coefficient (Wildman–Crippen LogP) is 2.71. The molecule has 10 heteroatoms. The van der Waals surface area contributed by atoms with Crippen LogP contribution < -0.4 is 10.5 Å². The van der Waals surface area contributed by atoms with Crippen LogP contribution in [0.2, 0.25) is 0 Å². The maximum Gasteiger partial charge on any atom is 0.262 e. The number of rotatable bonds is 4. The first-order valence-corrected chi connectivity index (χ1v) is 14.1. The number of thiophene rings is 1. The largest absolute Gasteiger partial charge is 0.311 e. The van der Waals surface area contributed by atoms with E-state index >= 15 is 0 Å². The van der Waals surface area contributed by atoms with Gasteiger partial charge in [0, 0.05) is 30.2 Å². The fourth-order valence-electron chi connectivity index (χ4n) is 5.43. The number of anilines is 1. The van der Waals surface area contributed by atoms with E-state index in [0.29, 0.717) is 29.9 Å². The molecule has 8 nitrogen and oxygen atoms in total. The summed E-state index contributed by atoms with van der Waals surface area (Å²) in [6.45, 7) is 1.58. The zero-order valence-corrected chi connectivity index (χ0v) is 20.5. The molecule has 1 aromatic carbocycles. The van der Waals surface area contributed by atoms with Gasteiger partial charge in [0.05, 0.1) is 16.6 Å². The van der Waals surface area contributed by atoms with E-state index in [1.807, 2.05) is 0 Å². The Morgan fingerprint density at radius 2 is 1.85 bits per heavy atom. The molecular formula is C24H26N4O4S2. The van der Waals surface area contributed by atoms with Crippen molar-refractivity contribution in [3.8, 4) is 0 Å². The topological polar surface area (TPSA) is 92.6 Å². The molecule has 1 saturated heterocycles. The molecule has 1 aliphatic carbocycles. The van der Waals surface area contributed by atoms with Crippen molar-refractivity contribution in [3.63, 3.8) is 0 Å². The summed E-state index contributed by atoms with van der Waals surface area (Å²) in [7, 11) is -3.51. The minimum absolute atomic E-state index is 0.0837. The maximum atomic E-state index is 13.3. The number of benzene rings is 1. The van der Waals surface area contributed by atoms with E-state index in [9.17, 15) is 18.0 Å². The molecule has 2 aliphatic heterocycles. The van der Waals surface area contributed by atoms with Crippen LogP contribution in [0.4, 0.5) is 5.69 Å². The molecule has 6 rings (SSSR count). The molecular weight excluding hydrogens is 472 g/mol. The molecule has 2 aromatic heterocycles. The molecule has 1 fully saturated rings. The monoisotopic (exact) mass is 498 g/mol. The number of carbonyl (C=O) groups excluding carboxylic acids is 1. The number of amides is 1. The van der Waals surface area contributed by atoms with Crippen molar-refractivity contribution >= 4 is 43.2 Å². The Morgan fingerprint density at radius 1 is 1.03 bits per heavy atom. The number of hydrogen-bond donors (Lipinski definition) is 0. The Morgan fingerprint density at radius 3 is 2.68 bits per heavy atom. The smallest absolute Gasteiger partial charge is 0.262 e. The molecule has 0 bridgehead atoms. The fourth-order valence-corrected chi connectivity index (χ4v) is 8.22. The minimum atomic E-state index is -3.51. The van der Waals surface area contributed by atoms with Crippen LogP contribution >= 0.6 is 11.3 Å². The van der Waals surface area contributed by atoms with Crippen LogP contribution in [0.3, 0.4) is 0 Å². The van der Waals surface area contributed by atoms with Crippen molar-refractivity contribution in [1.82, 2.24) is 13.9 Å². The fraction of sp³-hybridized carbons (Fsp3) is 0.458. The highest BCUT2D eigenvalue weighted by molar-refractivity contribution is 7.89. The van der Waals surface area contributed by atoms with Gasteiger partial charge in [-0.15, -0.1) is 11.3 Å².